The SMILES string of the molecule is Cc1ncsc1-c1ccc([C@H](C)NC(=O)[C@@H]2C[C@@H](O)CN2C(=O)[C@@H](c2cc(N3CCC(CN4CCC5(CC4)CC(N4CCC[C@@H](CN6C7CCC6CN(c6cc(-c8ccccc8O)nnc6N)C7)C4)C5)CC3)no2)C(C)C)cc1. The smallest absolute Gasteiger partial charge is 0.243 e. The number of likely N-dealkylation sites (tertiary alicyclic amines) is 3. The number of fused-ring (bicyclic) bond motifs is 2. The number of nitrogens with zero attached hydrogens (tertiary/aromatic N) is 10. The number of thiazole rings is 1. The fraction of sp³-hybridized carbons (Fsp3) is 0.607. The number of piperazine rings is 1. The number of hydrogen-bond donors (Lipinski definition) is 4. The van der Waals surface area contributed by atoms with Gasteiger partial charge in [0, 0.05) is 88.5 Å². The molecule has 6 saturated heterocycles. The van der Waals surface area contributed by atoms with Crippen molar-refractivity contribution in [2.45, 2.75) is 141 Å². The average molecular weight is 1100 g/mol. The second kappa shape index (κ2) is 22.7. The Morgan fingerprint density at radius 2 is 1.59 bits per heavy atom. The molecule has 7 aliphatic rings. The minimum atomic E-state index is -0.790. The number of anilines is 3. The molecule has 1 spiro atoms. The molecule has 5 aromatic rings. The highest BCUT2D eigenvalue weighted by atomic mass is 32.1. The Labute approximate surface area is 469 Å². The summed E-state index contributed by atoms with van der Waals surface area (Å²) >= 11 is 1.61. The minimum Gasteiger partial charge on any atom is -0.507 e. The molecule has 2 bridgehead atoms. The van der Waals surface area contributed by atoms with Crippen LogP contribution in [0.5, 0.6) is 5.75 Å². The van der Waals surface area contributed by atoms with Crippen molar-refractivity contribution in [3.8, 4) is 27.4 Å². The van der Waals surface area contributed by atoms with E-state index in [1.54, 1.807) is 22.3 Å². The highest BCUT2D eigenvalue weighted by Gasteiger charge is 2.50. The summed E-state index contributed by atoms with van der Waals surface area (Å²) < 4.78 is 5.99. The van der Waals surface area contributed by atoms with Crippen molar-refractivity contribution < 1.29 is 24.3 Å². The zero-order chi connectivity index (χ0) is 54.5. The summed E-state index contributed by atoms with van der Waals surface area (Å²) in [5, 5.41) is 37.6. The van der Waals surface area contributed by atoms with Crippen LogP contribution in [0.15, 0.2) is 70.7 Å². The zero-order valence-electron chi connectivity index (χ0n) is 46.8. The number of amides is 2. The van der Waals surface area contributed by atoms with Crippen LogP contribution in [0.3, 0.4) is 0 Å². The van der Waals surface area contributed by atoms with E-state index < -0.39 is 18.1 Å². The van der Waals surface area contributed by atoms with Crippen LogP contribution in [0.2, 0.25) is 0 Å². The number of carbonyl (C=O) groups is 2. The van der Waals surface area contributed by atoms with Crippen molar-refractivity contribution in [3.05, 3.63) is 83.2 Å². The molecule has 2 amide bonds. The van der Waals surface area contributed by atoms with Gasteiger partial charge in [-0.2, -0.15) is 0 Å². The Morgan fingerprint density at radius 3 is 2.30 bits per heavy atom. The predicted molar refractivity (Wildman–Crippen MR) is 309 cm³/mol. The maximum atomic E-state index is 14.4. The average Bonchev–Trinajstić information content (AvgIpc) is 4.28. The fourth-order valence-corrected chi connectivity index (χ4v) is 15.9. The van der Waals surface area contributed by atoms with Crippen LogP contribution in [-0.4, -0.2) is 164 Å². The molecule has 7 atom stereocenters. The monoisotopic (exact) mass is 1090 g/mol. The van der Waals surface area contributed by atoms with E-state index in [4.69, 9.17) is 10.3 Å². The number of β-amino-alcohol motifs (C(OH)–C–C–N with tert-alkyl or cyclic N) is 1. The first kappa shape index (κ1) is 54.0. The third-order valence-corrected chi connectivity index (χ3v) is 20.6. The normalized spacial score (nSPS) is 26.0. The summed E-state index contributed by atoms with van der Waals surface area (Å²) in [5.41, 5.74) is 14.1. The van der Waals surface area contributed by atoms with Gasteiger partial charge in [-0.1, -0.05) is 55.4 Å². The Hall–Kier alpha value is -5.66. The van der Waals surface area contributed by atoms with Crippen molar-refractivity contribution in [1.29, 1.82) is 0 Å². The number of nitrogens with two attached hydrogens (primary N) is 1. The molecule has 1 aliphatic carbocycles. The molecular weight excluding hydrogens is 1010 g/mol. The van der Waals surface area contributed by atoms with Crippen LogP contribution in [0.4, 0.5) is 17.3 Å². The van der Waals surface area contributed by atoms with Gasteiger partial charge in [0.15, 0.2) is 17.4 Å². The van der Waals surface area contributed by atoms with E-state index in [1.807, 2.05) is 75.7 Å². The van der Waals surface area contributed by atoms with E-state index in [9.17, 15) is 19.8 Å². The maximum Gasteiger partial charge on any atom is 0.243 e. The van der Waals surface area contributed by atoms with Gasteiger partial charge >= 0.3 is 0 Å². The molecule has 2 aromatic carbocycles. The molecule has 2 unspecified atom stereocenters. The van der Waals surface area contributed by atoms with Crippen LogP contribution in [-0.2, 0) is 9.59 Å². The van der Waals surface area contributed by atoms with E-state index in [-0.39, 0.29) is 42.5 Å². The predicted octanol–water partition coefficient (Wildman–Crippen LogP) is 7.96. The number of rotatable bonds is 15. The minimum absolute atomic E-state index is 0.0990. The highest BCUT2D eigenvalue weighted by Crippen LogP contribution is 2.52. The van der Waals surface area contributed by atoms with E-state index in [0.29, 0.717) is 46.3 Å². The number of aliphatic hydroxyl groups is 1. The van der Waals surface area contributed by atoms with Gasteiger partial charge < -0.3 is 50.3 Å². The van der Waals surface area contributed by atoms with Crippen molar-refractivity contribution >= 4 is 40.5 Å². The molecule has 1 saturated carbocycles. The van der Waals surface area contributed by atoms with Gasteiger partial charge in [0.25, 0.3) is 0 Å². The van der Waals surface area contributed by atoms with E-state index in [2.05, 4.69) is 62.3 Å². The largest absolute Gasteiger partial charge is 0.507 e. The number of nitrogen functional groups attached to an aromatic ring is 1. The van der Waals surface area contributed by atoms with Crippen molar-refractivity contribution in [1.82, 2.24) is 45.3 Å². The number of nitrogens with one attached hydrogen (secondary N) is 1. The number of para-hydroxylation sites is 1. The van der Waals surface area contributed by atoms with E-state index in [0.717, 1.165) is 90.7 Å². The lowest BCUT2D eigenvalue weighted by molar-refractivity contribution is -0.141. The van der Waals surface area contributed by atoms with Crippen LogP contribution in [0, 0.1) is 30.1 Å². The number of phenolic OH excluding ortho intramolecular Hbond substituents is 1. The first-order valence-electron chi connectivity index (χ1n) is 29.6. The molecule has 6 aliphatic heterocycles. The lowest BCUT2D eigenvalue weighted by atomic mass is 9.59. The lowest BCUT2D eigenvalue weighted by Crippen LogP contribution is -2.59. The second-order valence-electron chi connectivity index (χ2n) is 25.1. The molecule has 7 fully saturated rings. The van der Waals surface area contributed by atoms with Gasteiger partial charge in [-0.3, -0.25) is 14.5 Å². The van der Waals surface area contributed by atoms with E-state index >= 15 is 0 Å². The molecule has 422 valence electrons. The second-order valence-corrected chi connectivity index (χ2v) is 26.0. The number of phenols is 1. The molecule has 18 heteroatoms. The Bertz CT molecular complexity index is 2910. The van der Waals surface area contributed by atoms with Crippen LogP contribution < -0.4 is 20.9 Å². The number of aromatic nitrogens is 4. The molecule has 5 N–H and O–H groups in total. The number of hydrogen-bond acceptors (Lipinski definition) is 16. The first-order valence-corrected chi connectivity index (χ1v) is 30.5. The fourth-order valence-electron chi connectivity index (χ4n) is 15.0. The first-order chi connectivity index (χ1) is 38.2. The number of aromatic hydroxyl groups is 1. The summed E-state index contributed by atoms with van der Waals surface area (Å²) in [7, 11) is 0. The Balaban J connectivity index is 0.576. The van der Waals surface area contributed by atoms with Crippen molar-refractivity contribution in [3.63, 3.8) is 0 Å². The summed E-state index contributed by atoms with van der Waals surface area (Å²) in [6.07, 6.45) is 12.0. The summed E-state index contributed by atoms with van der Waals surface area (Å²) in [5.74, 6) is 2.06. The number of aryl methyl sites for hydroxylation is 1. The Morgan fingerprint density at radius 1 is 0.848 bits per heavy atom. The summed E-state index contributed by atoms with van der Waals surface area (Å²) in [4.78, 5) is 48.5. The van der Waals surface area contributed by atoms with Crippen molar-refractivity contribution in [2.75, 3.05) is 87.5 Å². The van der Waals surface area contributed by atoms with Gasteiger partial charge in [0.2, 0.25) is 11.8 Å². The third kappa shape index (κ3) is 11.3. The van der Waals surface area contributed by atoms with Crippen LogP contribution in [0.1, 0.15) is 120 Å². The molecular formula is C61H82N12O5S. The number of aliphatic hydroxyl groups excluding tert-OH is 1. The number of piperidine rings is 3. The van der Waals surface area contributed by atoms with Crippen LogP contribution in [0.25, 0.3) is 21.7 Å². The third-order valence-electron chi connectivity index (χ3n) is 19.6. The standard InChI is InChI=1S/C61H82N12O5S/c1-38(2)56(60(77)73-36-48(74)26-52(73)59(76)64-39(3)43-11-13-44(14-12-43)57-40(4)63-37-79-57)54-28-55(67-78-54)69-22-17-41(18-23-69)31-68-24-19-61(20-25-68)29-47(30-61)70-21-7-8-42(32-70)33-72-45-15-16-46(72)35-71(34-45)51-27-50(65-66-58(51)62)49-9-5-6-10-53(49)75/h5-6,9-14,27-28,37-39,41-42,45-48,52,56,74-75H,7-8,15-26,29-36H2,1-4H3,(H2,62,66)(H,64,76)/t39-,42+,45?,46?,48+,52-,56+/m0/s1. The van der Waals surface area contributed by atoms with Crippen LogP contribution >= 0.6 is 11.3 Å². The summed E-state index contributed by atoms with van der Waals surface area (Å²) in [6.45, 7) is 19.0. The quantitative estimate of drug-likeness (QED) is 0.0788. The topological polar surface area (TPSA) is 197 Å². The maximum absolute atomic E-state index is 14.4. The van der Waals surface area contributed by atoms with Gasteiger partial charge in [-0.05, 0) is 150 Å². The molecule has 0 radical (unpaired) electrons. The molecule has 9 heterocycles. The molecule has 17 nitrogen and oxygen atoms in total. The number of carbonyl (C=O) groups excluding carboxylic acids is 2. The lowest BCUT2D eigenvalue weighted by Gasteiger charge is -2.57. The van der Waals surface area contributed by atoms with Crippen molar-refractivity contribution in [2.24, 2.45) is 23.2 Å². The number of benzene rings is 2. The van der Waals surface area contributed by atoms with Gasteiger partial charge in [-0.25, -0.2) is 4.98 Å². The highest BCUT2D eigenvalue weighted by molar-refractivity contribution is 7.13. The van der Waals surface area contributed by atoms with Gasteiger partial charge in [-0.15, -0.1) is 21.5 Å². The van der Waals surface area contributed by atoms with E-state index in [1.165, 1.54) is 84.1 Å². The molecule has 3 aromatic heterocycles. The van der Waals surface area contributed by atoms with Gasteiger partial charge in [0.1, 0.15) is 17.7 Å². The molecule has 12 rings (SSSR count). The van der Waals surface area contributed by atoms with Gasteiger partial charge in [0.05, 0.1) is 39.6 Å². The molecule has 79 heavy (non-hydrogen) atoms. The zero-order valence-corrected chi connectivity index (χ0v) is 47.6. The summed E-state index contributed by atoms with van der Waals surface area (Å²) in [6, 6.07) is 20.1. The Kier molecular flexibility index (Phi) is 15.5.